The van der Waals surface area contributed by atoms with Crippen molar-refractivity contribution >= 4 is 29.5 Å². The van der Waals surface area contributed by atoms with Crippen LogP contribution in [-0.2, 0) is 25.7 Å². The first-order chi connectivity index (χ1) is 15.8. The Hall–Kier alpha value is -2.32. The molecule has 0 radical (unpaired) electrons. The van der Waals surface area contributed by atoms with E-state index in [0.717, 1.165) is 12.0 Å². The number of ether oxygens (including phenoxy) is 1. The first-order valence-corrected chi connectivity index (χ1v) is 12.4. The van der Waals surface area contributed by atoms with Crippen LogP contribution in [0, 0.1) is 11.8 Å². The van der Waals surface area contributed by atoms with Crippen molar-refractivity contribution in [2.45, 2.75) is 48.8 Å². The van der Waals surface area contributed by atoms with Crippen molar-refractivity contribution in [3.8, 4) is 0 Å². The van der Waals surface area contributed by atoms with Crippen LogP contribution in [-0.4, -0.2) is 74.5 Å². The van der Waals surface area contributed by atoms with Crippen LogP contribution in [0.1, 0.15) is 32.3 Å². The SMILES string of the molecule is C=CCN(Cc1ccccc1)C(=O)C1N(CCO)C(=O)[C@@H]2[C@@H](C(=O)OCC)[C@@]3(C)CCC12S3. The number of esters is 1. The molecule has 1 aromatic rings. The number of nitrogens with zero attached hydrogens (tertiary/aromatic N) is 2. The Kier molecular flexibility index (Phi) is 6.60. The van der Waals surface area contributed by atoms with Gasteiger partial charge in [-0.05, 0) is 32.3 Å². The third-order valence-electron chi connectivity index (χ3n) is 7.27. The van der Waals surface area contributed by atoms with Crippen molar-refractivity contribution in [2.24, 2.45) is 11.8 Å². The number of aliphatic hydroxyl groups excluding tert-OH is 1. The summed E-state index contributed by atoms with van der Waals surface area (Å²) in [6, 6.07) is 8.97. The molecule has 5 atom stereocenters. The Bertz CT molecular complexity index is 940. The van der Waals surface area contributed by atoms with Crippen LogP contribution in [0.25, 0.3) is 0 Å². The lowest BCUT2D eigenvalue weighted by Gasteiger charge is -2.37. The average Bonchev–Trinajstić information content (AvgIpc) is 3.35. The summed E-state index contributed by atoms with van der Waals surface area (Å²) in [7, 11) is 0. The molecule has 1 spiro atoms. The molecule has 2 unspecified atom stereocenters. The number of hydrogen-bond donors (Lipinski definition) is 1. The number of thioether (sulfide) groups is 1. The van der Waals surface area contributed by atoms with Crippen molar-refractivity contribution < 1.29 is 24.2 Å². The maximum absolute atomic E-state index is 14.1. The molecule has 3 aliphatic rings. The van der Waals surface area contributed by atoms with Gasteiger partial charge in [0.1, 0.15) is 6.04 Å². The maximum atomic E-state index is 14.1. The summed E-state index contributed by atoms with van der Waals surface area (Å²) < 4.78 is 4.22. The summed E-state index contributed by atoms with van der Waals surface area (Å²) in [6.07, 6.45) is 3.10. The quantitative estimate of drug-likeness (QED) is 0.438. The van der Waals surface area contributed by atoms with Gasteiger partial charge >= 0.3 is 5.97 Å². The topological polar surface area (TPSA) is 87.2 Å². The first-order valence-electron chi connectivity index (χ1n) is 11.5. The zero-order chi connectivity index (χ0) is 23.8. The Balaban J connectivity index is 1.73. The molecule has 8 heteroatoms. The largest absolute Gasteiger partial charge is 0.466 e. The highest BCUT2D eigenvalue weighted by atomic mass is 32.2. The lowest BCUT2D eigenvalue weighted by Crippen LogP contribution is -2.55. The second kappa shape index (κ2) is 9.14. The van der Waals surface area contributed by atoms with Gasteiger partial charge in [-0.25, -0.2) is 0 Å². The number of aliphatic hydroxyl groups is 1. The van der Waals surface area contributed by atoms with Crippen LogP contribution in [0.15, 0.2) is 43.0 Å². The second-order valence-corrected chi connectivity index (χ2v) is 11.1. The lowest BCUT2D eigenvalue weighted by atomic mass is 9.66. The molecule has 0 aromatic heterocycles. The highest BCUT2D eigenvalue weighted by molar-refractivity contribution is 8.02. The van der Waals surface area contributed by atoms with Gasteiger partial charge in [-0.2, -0.15) is 0 Å². The molecule has 1 N–H and O–H groups in total. The molecule has 4 rings (SSSR count). The van der Waals surface area contributed by atoms with E-state index in [9.17, 15) is 19.5 Å². The Morgan fingerprint density at radius 1 is 1.33 bits per heavy atom. The van der Waals surface area contributed by atoms with Crippen LogP contribution >= 0.6 is 11.8 Å². The molecule has 2 amide bonds. The minimum Gasteiger partial charge on any atom is -0.466 e. The number of benzene rings is 1. The van der Waals surface area contributed by atoms with Crippen LogP contribution in [0.2, 0.25) is 0 Å². The van der Waals surface area contributed by atoms with E-state index in [-0.39, 0.29) is 37.5 Å². The van der Waals surface area contributed by atoms with Gasteiger partial charge in [0.2, 0.25) is 11.8 Å². The number of amides is 2. The molecule has 3 fully saturated rings. The van der Waals surface area contributed by atoms with Gasteiger partial charge in [-0.15, -0.1) is 18.3 Å². The van der Waals surface area contributed by atoms with Crippen LogP contribution in [0.4, 0.5) is 0 Å². The number of β-amino-alcohol motifs (C(OH)–C–C–N with tert-alkyl or cyclic N) is 1. The summed E-state index contributed by atoms with van der Waals surface area (Å²) in [4.78, 5) is 44.0. The third-order valence-corrected chi connectivity index (χ3v) is 9.26. The summed E-state index contributed by atoms with van der Waals surface area (Å²) in [5.41, 5.74) is 0.986. The monoisotopic (exact) mass is 472 g/mol. The zero-order valence-electron chi connectivity index (χ0n) is 19.2. The number of carbonyl (C=O) groups is 3. The van der Waals surface area contributed by atoms with Crippen LogP contribution in [0.5, 0.6) is 0 Å². The Morgan fingerprint density at radius 3 is 2.70 bits per heavy atom. The standard InChI is InChI=1S/C25H32N2O5S/c1-4-13-26(16-17-9-7-6-8-10-17)22(30)20-25-12-11-24(3,33-25)19(23(31)32-5-2)18(25)21(29)27(20)14-15-28/h4,6-10,18-20,28H,1,5,11-16H2,2-3H3/t18-,19-,20?,24+,25?/m0/s1. The molecule has 178 valence electrons. The smallest absolute Gasteiger partial charge is 0.311 e. The van der Waals surface area contributed by atoms with E-state index >= 15 is 0 Å². The second-order valence-electron chi connectivity index (χ2n) is 9.23. The molecule has 3 aliphatic heterocycles. The molecule has 3 heterocycles. The predicted octanol–water partition coefficient (Wildman–Crippen LogP) is 2.24. The van der Waals surface area contributed by atoms with Gasteiger partial charge in [0.15, 0.2) is 0 Å². The molecular weight excluding hydrogens is 440 g/mol. The molecule has 1 aromatic carbocycles. The summed E-state index contributed by atoms with van der Waals surface area (Å²) in [5, 5.41) is 9.73. The zero-order valence-corrected chi connectivity index (χ0v) is 20.1. The van der Waals surface area contributed by atoms with Gasteiger partial charge in [-0.3, -0.25) is 14.4 Å². The molecule has 0 aliphatic carbocycles. The number of likely N-dealkylation sites (tertiary alicyclic amines) is 1. The summed E-state index contributed by atoms with van der Waals surface area (Å²) in [5.74, 6) is -1.97. The Morgan fingerprint density at radius 2 is 2.06 bits per heavy atom. The molecule has 3 saturated heterocycles. The fourth-order valence-corrected chi connectivity index (χ4v) is 8.35. The highest BCUT2D eigenvalue weighted by Crippen LogP contribution is 2.71. The van der Waals surface area contributed by atoms with Crippen molar-refractivity contribution in [3.05, 3.63) is 48.6 Å². The van der Waals surface area contributed by atoms with E-state index in [1.54, 1.807) is 29.7 Å². The van der Waals surface area contributed by atoms with Gasteiger partial charge in [-0.1, -0.05) is 36.4 Å². The summed E-state index contributed by atoms with van der Waals surface area (Å²) in [6.45, 7) is 8.40. The van der Waals surface area contributed by atoms with Gasteiger partial charge in [0, 0.05) is 24.4 Å². The van der Waals surface area contributed by atoms with E-state index in [4.69, 9.17) is 4.74 Å². The molecule has 7 nitrogen and oxygen atoms in total. The van der Waals surface area contributed by atoms with Crippen LogP contribution in [0.3, 0.4) is 0 Å². The van der Waals surface area contributed by atoms with Gasteiger partial charge in [0.25, 0.3) is 0 Å². The average molecular weight is 473 g/mol. The molecule has 2 bridgehead atoms. The maximum Gasteiger partial charge on any atom is 0.311 e. The van der Waals surface area contributed by atoms with E-state index in [1.807, 2.05) is 37.3 Å². The van der Waals surface area contributed by atoms with Crippen molar-refractivity contribution in [1.29, 1.82) is 0 Å². The number of fused-ring (bicyclic) bond motifs is 1. The van der Waals surface area contributed by atoms with Gasteiger partial charge < -0.3 is 19.6 Å². The minimum atomic E-state index is -0.739. The number of hydrogen-bond acceptors (Lipinski definition) is 6. The van der Waals surface area contributed by atoms with E-state index in [1.165, 1.54) is 4.90 Å². The minimum absolute atomic E-state index is 0.0631. The van der Waals surface area contributed by atoms with E-state index in [0.29, 0.717) is 19.5 Å². The van der Waals surface area contributed by atoms with Crippen molar-refractivity contribution in [1.82, 2.24) is 9.80 Å². The molecule has 33 heavy (non-hydrogen) atoms. The number of carbonyl (C=O) groups excluding carboxylic acids is 3. The van der Waals surface area contributed by atoms with Crippen LogP contribution < -0.4 is 0 Å². The van der Waals surface area contributed by atoms with E-state index in [2.05, 4.69) is 6.58 Å². The first kappa shape index (κ1) is 23.8. The highest BCUT2D eigenvalue weighted by Gasteiger charge is 2.77. The number of rotatable bonds is 9. The van der Waals surface area contributed by atoms with Gasteiger partial charge in [0.05, 0.1) is 29.8 Å². The molecular formula is C25H32N2O5S. The predicted molar refractivity (Wildman–Crippen MR) is 126 cm³/mol. The van der Waals surface area contributed by atoms with Crippen molar-refractivity contribution in [3.63, 3.8) is 0 Å². The third kappa shape index (κ3) is 3.77. The Labute approximate surface area is 199 Å². The molecule has 0 saturated carbocycles. The fourth-order valence-electron chi connectivity index (χ4n) is 6.01. The van der Waals surface area contributed by atoms with E-state index < -0.39 is 27.4 Å². The lowest BCUT2D eigenvalue weighted by molar-refractivity contribution is -0.155. The normalized spacial score (nSPS) is 32.0. The van der Waals surface area contributed by atoms with Crippen molar-refractivity contribution in [2.75, 3.05) is 26.3 Å². The summed E-state index contributed by atoms with van der Waals surface area (Å²) >= 11 is 1.61. The fraction of sp³-hybridized carbons (Fsp3) is 0.560.